The molecule has 112 valence electrons. The Balaban J connectivity index is 2.08. The highest BCUT2D eigenvalue weighted by Crippen LogP contribution is 2.29. The molecule has 1 fully saturated rings. The summed E-state index contributed by atoms with van der Waals surface area (Å²) in [5.74, 6) is 0.769. The second-order valence-corrected chi connectivity index (χ2v) is 5.75. The number of hydrogen-bond acceptors (Lipinski definition) is 2. The van der Waals surface area contributed by atoms with Crippen LogP contribution in [0.3, 0.4) is 0 Å². The van der Waals surface area contributed by atoms with Gasteiger partial charge >= 0.3 is 0 Å². The predicted octanol–water partition coefficient (Wildman–Crippen LogP) is 3.95. The van der Waals surface area contributed by atoms with Crippen molar-refractivity contribution in [2.75, 3.05) is 24.5 Å². The van der Waals surface area contributed by atoms with Crippen LogP contribution in [-0.2, 0) is 6.54 Å². The number of piperidine rings is 1. The Kier molecular flexibility index (Phi) is 5.84. The predicted molar refractivity (Wildman–Crippen MR) is 83.6 cm³/mol. The molecule has 0 radical (unpaired) electrons. The van der Waals surface area contributed by atoms with Gasteiger partial charge in [-0.3, -0.25) is 0 Å². The molecule has 1 aliphatic rings. The SMILES string of the molecule is CCCNCc1c(F)cccc1N1CCC(CC)CC1. The van der Waals surface area contributed by atoms with Crippen molar-refractivity contribution in [1.29, 1.82) is 0 Å². The summed E-state index contributed by atoms with van der Waals surface area (Å²) >= 11 is 0. The summed E-state index contributed by atoms with van der Waals surface area (Å²) in [4.78, 5) is 2.36. The second kappa shape index (κ2) is 7.63. The summed E-state index contributed by atoms with van der Waals surface area (Å²) in [5.41, 5.74) is 1.92. The van der Waals surface area contributed by atoms with Crippen LogP contribution in [0.25, 0.3) is 0 Å². The highest BCUT2D eigenvalue weighted by molar-refractivity contribution is 5.54. The van der Waals surface area contributed by atoms with E-state index in [1.54, 1.807) is 6.07 Å². The Morgan fingerprint density at radius 1 is 1.25 bits per heavy atom. The van der Waals surface area contributed by atoms with Gasteiger partial charge in [-0.2, -0.15) is 0 Å². The monoisotopic (exact) mass is 278 g/mol. The summed E-state index contributed by atoms with van der Waals surface area (Å²) in [6.07, 6.45) is 4.80. The molecule has 1 saturated heterocycles. The van der Waals surface area contributed by atoms with Gasteiger partial charge in [-0.05, 0) is 43.9 Å². The highest BCUT2D eigenvalue weighted by Gasteiger charge is 2.20. The zero-order chi connectivity index (χ0) is 14.4. The minimum Gasteiger partial charge on any atom is -0.371 e. The number of nitrogens with one attached hydrogen (secondary N) is 1. The average molecular weight is 278 g/mol. The Morgan fingerprint density at radius 2 is 2.00 bits per heavy atom. The fraction of sp³-hybridized carbons (Fsp3) is 0.647. The number of anilines is 1. The summed E-state index contributed by atoms with van der Waals surface area (Å²) in [6, 6.07) is 5.48. The van der Waals surface area contributed by atoms with E-state index >= 15 is 0 Å². The molecular weight excluding hydrogens is 251 g/mol. The van der Waals surface area contributed by atoms with Crippen LogP contribution >= 0.6 is 0 Å². The largest absolute Gasteiger partial charge is 0.371 e. The first-order chi connectivity index (χ1) is 9.76. The van der Waals surface area contributed by atoms with Gasteiger partial charge in [-0.1, -0.05) is 26.3 Å². The fourth-order valence-corrected chi connectivity index (χ4v) is 2.99. The van der Waals surface area contributed by atoms with E-state index in [9.17, 15) is 4.39 Å². The van der Waals surface area contributed by atoms with E-state index in [2.05, 4.69) is 30.1 Å². The van der Waals surface area contributed by atoms with Gasteiger partial charge in [-0.25, -0.2) is 4.39 Å². The zero-order valence-electron chi connectivity index (χ0n) is 12.8. The van der Waals surface area contributed by atoms with Crippen molar-refractivity contribution in [3.8, 4) is 0 Å². The number of nitrogens with zero attached hydrogens (tertiary/aromatic N) is 1. The summed E-state index contributed by atoms with van der Waals surface area (Å²) in [6.45, 7) is 8.08. The number of halogens is 1. The molecule has 0 spiro atoms. The molecule has 1 aliphatic heterocycles. The van der Waals surface area contributed by atoms with E-state index in [-0.39, 0.29) is 5.82 Å². The van der Waals surface area contributed by atoms with Crippen molar-refractivity contribution >= 4 is 5.69 Å². The van der Waals surface area contributed by atoms with Gasteiger partial charge in [0.2, 0.25) is 0 Å². The third-order valence-electron chi connectivity index (χ3n) is 4.36. The van der Waals surface area contributed by atoms with Crippen molar-refractivity contribution in [1.82, 2.24) is 5.32 Å². The Bertz CT molecular complexity index is 411. The average Bonchev–Trinajstić information content (AvgIpc) is 2.49. The van der Waals surface area contributed by atoms with Crippen LogP contribution in [0, 0.1) is 11.7 Å². The molecule has 0 aromatic heterocycles. The van der Waals surface area contributed by atoms with E-state index in [1.807, 2.05) is 6.07 Å². The molecule has 0 aliphatic carbocycles. The topological polar surface area (TPSA) is 15.3 Å². The number of hydrogen-bond donors (Lipinski definition) is 1. The van der Waals surface area contributed by atoms with Crippen LogP contribution in [0.2, 0.25) is 0 Å². The van der Waals surface area contributed by atoms with Crippen LogP contribution in [0.1, 0.15) is 45.1 Å². The van der Waals surface area contributed by atoms with E-state index in [0.29, 0.717) is 6.54 Å². The molecule has 1 N–H and O–H groups in total. The van der Waals surface area contributed by atoms with Gasteiger partial charge in [0.15, 0.2) is 0 Å². The quantitative estimate of drug-likeness (QED) is 0.793. The standard InChI is InChI=1S/C17H27FN2/c1-3-10-19-13-15-16(18)6-5-7-17(15)20-11-8-14(4-2)9-12-20/h5-7,14,19H,3-4,8-13H2,1-2H3. The maximum atomic E-state index is 14.1. The number of rotatable bonds is 6. The third kappa shape index (κ3) is 3.72. The van der Waals surface area contributed by atoms with Crippen LogP contribution in [0.15, 0.2) is 18.2 Å². The van der Waals surface area contributed by atoms with Crippen molar-refractivity contribution in [2.45, 2.75) is 46.1 Å². The molecule has 2 nitrogen and oxygen atoms in total. The van der Waals surface area contributed by atoms with Crippen LogP contribution < -0.4 is 10.2 Å². The fourth-order valence-electron chi connectivity index (χ4n) is 2.99. The molecule has 0 atom stereocenters. The summed E-state index contributed by atoms with van der Waals surface area (Å²) < 4.78 is 14.1. The van der Waals surface area contributed by atoms with Gasteiger partial charge < -0.3 is 10.2 Å². The summed E-state index contributed by atoms with van der Waals surface area (Å²) in [5, 5.41) is 3.32. The van der Waals surface area contributed by atoms with Gasteiger partial charge in [0.25, 0.3) is 0 Å². The summed E-state index contributed by atoms with van der Waals surface area (Å²) in [7, 11) is 0. The lowest BCUT2D eigenvalue weighted by molar-refractivity contribution is 0.394. The molecule has 20 heavy (non-hydrogen) atoms. The van der Waals surface area contributed by atoms with E-state index in [1.165, 1.54) is 19.3 Å². The van der Waals surface area contributed by atoms with E-state index < -0.39 is 0 Å². The number of benzene rings is 1. The third-order valence-corrected chi connectivity index (χ3v) is 4.36. The molecule has 0 saturated carbocycles. The molecule has 2 rings (SSSR count). The minimum atomic E-state index is -0.0799. The van der Waals surface area contributed by atoms with Gasteiger partial charge in [0.1, 0.15) is 5.82 Å². The zero-order valence-corrected chi connectivity index (χ0v) is 12.8. The van der Waals surface area contributed by atoms with Crippen molar-refractivity contribution < 1.29 is 4.39 Å². The van der Waals surface area contributed by atoms with Gasteiger partial charge in [-0.15, -0.1) is 0 Å². The Hall–Kier alpha value is -1.09. The molecule has 0 bridgehead atoms. The minimum absolute atomic E-state index is 0.0799. The van der Waals surface area contributed by atoms with Crippen LogP contribution in [0.5, 0.6) is 0 Å². The van der Waals surface area contributed by atoms with Crippen molar-refractivity contribution in [3.05, 3.63) is 29.6 Å². The molecule has 1 aromatic carbocycles. The highest BCUT2D eigenvalue weighted by atomic mass is 19.1. The van der Waals surface area contributed by atoms with Crippen LogP contribution in [0.4, 0.5) is 10.1 Å². The Labute approximate surface area is 122 Å². The van der Waals surface area contributed by atoms with Gasteiger partial charge in [0.05, 0.1) is 0 Å². The van der Waals surface area contributed by atoms with Crippen LogP contribution in [-0.4, -0.2) is 19.6 Å². The maximum absolute atomic E-state index is 14.1. The molecule has 1 aromatic rings. The molecule has 0 unspecified atom stereocenters. The molecule has 1 heterocycles. The van der Waals surface area contributed by atoms with Gasteiger partial charge in [0, 0.05) is 30.9 Å². The van der Waals surface area contributed by atoms with E-state index in [0.717, 1.165) is 43.2 Å². The first-order valence-corrected chi connectivity index (χ1v) is 7.99. The lowest BCUT2D eigenvalue weighted by Crippen LogP contribution is -2.34. The lowest BCUT2D eigenvalue weighted by Gasteiger charge is -2.34. The normalized spacial score (nSPS) is 16.6. The first kappa shape index (κ1) is 15.3. The molecule has 3 heteroatoms. The second-order valence-electron chi connectivity index (χ2n) is 5.75. The first-order valence-electron chi connectivity index (χ1n) is 7.99. The Morgan fingerprint density at radius 3 is 2.65 bits per heavy atom. The molecule has 0 amide bonds. The maximum Gasteiger partial charge on any atom is 0.129 e. The van der Waals surface area contributed by atoms with Crippen molar-refractivity contribution in [2.24, 2.45) is 5.92 Å². The smallest absolute Gasteiger partial charge is 0.129 e. The van der Waals surface area contributed by atoms with Crippen molar-refractivity contribution in [3.63, 3.8) is 0 Å². The lowest BCUT2D eigenvalue weighted by atomic mass is 9.93. The molecular formula is C17H27FN2. The van der Waals surface area contributed by atoms with E-state index in [4.69, 9.17) is 0 Å².